The number of amides is 3. The first-order valence-electron chi connectivity index (χ1n) is 12.4. The summed E-state index contributed by atoms with van der Waals surface area (Å²) < 4.78 is 0. The number of hydrogen-bond acceptors (Lipinski definition) is 6. The van der Waals surface area contributed by atoms with Gasteiger partial charge < -0.3 is 26.6 Å². The van der Waals surface area contributed by atoms with Crippen molar-refractivity contribution in [2.24, 2.45) is 0 Å². The molecule has 11 nitrogen and oxygen atoms in total. The van der Waals surface area contributed by atoms with Gasteiger partial charge in [0.1, 0.15) is 17.1 Å². The van der Waals surface area contributed by atoms with E-state index in [1.807, 2.05) is 30.3 Å². The van der Waals surface area contributed by atoms with Crippen LogP contribution in [0.25, 0.3) is 0 Å². The molecule has 2 aromatic carbocycles. The van der Waals surface area contributed by atoms with Gasteiger partial charge in [-0.3, -0.25) is 24.5 Å². The Labute approximate surface area is 226 Å². The number of benzene rings is 2. The van der Waals surface area contributed by atoms with E-state index in [0.717, 1.165) is 12.0 Å². The number of quaternary nitrogens is 1. The van der Waals surface area contributed by atoms with Gasteiger partial charge in [-0.05, 0) is 44.4 Å². The van der Waals surface area contributed by atoms with E-state index in [1.54, 1.807) is 18.7 Å². The molecular weight excluding hydrogens is 508 g/mol. The highest BCUT2D eigenvalue weighted by Gasteiger charge is 2.36. The molecule has 0 saturated carbocycles. The Balaban J connectivity index is 1.73. The number of non-ortho nitro benzene ring substituents is 1. The third-order valence-corrected chi connectivity index (χ3v) is 6.86. The van der Waals surface area contributed by atoms with Crippen molar-refractivity contribution in [3.63, 3.8) is 0 Å². The molecule has 2 aromatic rings. The summed E-state index contributed by atoms with van der Waals surface area (Å²) in [6.07, 6.45) is 1.54. The van der Waals surface area contributed by atoms with Crippen molar-refractivity contribution in [2.45, 2.75) is 57.3 Å². The fourth-order valence-electron chi connectivity index (χ4n) is 4.19. The van der Waals surface area contributed by atoms with Gasteiger partial charge in [-0.15, -0.1) is 0 Å². The highest BCUT2D eigenvalue weighted by molar-refractivity contribution is 7.80. The molecular formula is C26H33N6O5S+. The predicted molar refractivity (Wildman–Crippen MR) is 146 cm³/mol. The van der Waals surface area contributed by atoms with E-state index in [2.05, 4.69) is 21.7 Å². The lowest BCUT2D eigenvalue weighted by atomic mass is 10.0. The van der Waals surface area contributed by atoms with E-state index in [9.17, 15) is 24.5 Å². The van der Waals surface area contributed by atoms with Crippen molar-refractivity contribution in [1.29, 1.82) is 0 Å². The van der Waals surface area contributed by atoms with Gasteiger partial charge in [0, 0.05) is 30.8 Å². The Morgan fingerprint density at radius 2 is 1.74 bits per heavy atom. The molecule has 0 radical (unpaired) electrons. The summed E-state index contributed by atoms with van der Waals surface area (Å²) >= 11 is 5.61. The van der Waals surface area contributed by atoms with Crippen molar-refractivity contribution in [3.05, 3.63) is 70.3 Å². The summed E-state index contributed by atoms with van der Waals surface area (Å²) in [6.45, 7) is 4.02. The van der Waals surface area contributed by atoms with Crippen LogP contribution in [0.1, 0.15) is 32.3 Å². The molecule has 3 rings (SSSR count). The van der Waals surface area contributed by atoms with Gasteiger partial charge in [-0.2, -0.15) is 0 Å². The first-order valence-corrected chi connectivity index (χ1v) is 12.8. The molecule has 1 heterocycles. The van der Waals surface area contributed by atoms with E-state index in [4.69, 9.17) is 12.2 Å². The zero-order valence-corrected chi connectivity index (χ0v) is 22.2. The van der Waals surface area contributed by atoms with Crippen LogP contribution in [0.15, 0.2) is 54.6 Å². The number of thiocarbonyl (C=S) groups is 1. The second kappa shape index (κ2) is 13.1. The van der Waals surface area contributed by atoms with Gasteiger partial charge >= 0.3 is 0 Å². The highest BCUT2D eigenvalue weighted by Crippen LogP contribution is 2.21. The fraction of sp³-hybridized carbons (Fsp3) is 0.385. The summed E-state index contributed by atoms with van der Waals surface area (Å²) in [7, 11) is 0. The maximum absolute atomic E-state index is 13.4. The molecule has 1 aliphatic rings. The number of anilines is 1. The SMILES string of the molecule is C[C@H]([NH3+])C(=O)N[C@@H](C)C(=S)N1CCC[C@H]1C(=O)N[C@@H](Cc1ccccc1)C(=O)Nc1ccc([N+](=O)[O-])cc1. The van der Waals surface area contributed by atoms with Crippen LogP contribution < -0.4 is 21.7 Å². The smallest absolute Gasteiger partial charge is 0.278 e. The average molecular weight is 542 g/mol. The lowest BCUT2D eigenvalue weighted by Crippen LogP contribution is -2.67. The largest absolute Gasteiger partial charge is 0.352 e. The summed E-state index contributed by atoms with van der Waals surface area (Å²) in [6, 6.07) is 12.4. The lowest BCUT2D eigenvalue weighted by molar-refractivity contribution is -0.398. The van der Waals surface area contributed by atoms with E-state index in [-0.39, 0.29) is 23.9 Å². The van der Waals surface area contributed by atoms with Crippen LogP contribution in [-0.2, 0) is 20.8 Å². The standard InChI is InChI=1S/C26H32N6O5S/c1-16(27)23(33)28-17(2)26(38)31-14-6-9-22(31)25(35)30-21(15-18-7-4-3-5-8-18)24(34)29-19-10-12-20(13-11-19)32(36)37/h3-5,7-8,10-13,16-17,21-22H,6,9,14-15,27H2,1-2H3,(H,28,33)(H,29,34)(H,30,35)/p+1/t16-,17-,21-,22-/m0/s1. The summed E-state index contributed by atoms with van der Waals surface area (Å²) in [5.41, 5.74) is 4.85. The van der Waals surface area contributed by atoms with Crippen LogP contribution >= 0.6 is 12.2 Å². The Hall–Kier alpha value is -3.90. The normalized spacial score (nSPS) is 17.1. The van der Waals surface area contributed by atoms with Gasteiger partial charge in [0.15, 0.2) is 6.04 Å². The minimum atomic E-state index is -0.903. The minimum absolute atomic E-state index is 0.0930. The quantitative estimate of drug-likeness (QED) is 0.200. The van der Waals surface area contributed by atoms with E-state index < -0.39 is 35.0 Å². The van der Waals surface area contributed by atoms with Crippen LogP contribution in [0.5, 0.6) is 0 Å². The number of nitro groups is 1. The molecule has 202 valence electrons. The van der Waals surface area contributed by atoms with Gasteiger partial charge in [0.25, 0.3) is 11.6 Å². The van der Waals surface area contributed by atoms with Gasteiger partial charge in [-0.1, -0.05) is 42.5 Å². The van der Waals surface area contributed by atoms with Crippen LogP contribution in [0.2, 0.25) is 0 Å². The maximum Gasteiger partial charge on any atom is 0.278 e. The topological polar surface area (TPSA) is 161 Å². The second-order valence-electron chi connectivity index (χ2n) is 9.37. The Kier molecular flexibility index (Phi) is 9.85. The van der Waals surface area contributed by atoms with Crippen LogP contribution in [0.3, 0.4) is 0 Å². The van der Waals surface area contributed by atoms with Gasteiger partial charge in [0.05, 0.1) is 11.0 Å². The first kappa shape index (κ1) is 28.7. The van der Waals surface area contributed by atoms with Crippen LogP contribution in [0, 0.1) is 10.1 Å². The van der Waals surface area contributed by atoms with Gasteiger partial charge in [0.2, 0.25) is 11.8 Å². The molecule has 0 spiro atoms. The average Bonchev–Trinajstić information content (AvgIpc) is 3.38. The van der Waals surface area contributed by atoms with Gasteiger partial charge in [-0.25, -0.2) is 0 Å². The summed E-state index contributed by atoms with van der Waals surface area (Å²) in [5.74, 6) is -1.02. The molecule has 4 atom stereocenters. The number of nitrogens with one attached hydrogen (secondary N) is 3. The molecule has 1 saturated heterocycles. The Morgan fingerprint density at radius 3 is 2.34 bits per heavy atom. The number of carbonyl (C=O) groups excluding carboxylic acids is 3. The van der Waals surface area contributed by atoms with Crippen molar-refractivity contribution in [1.82, 2.24) is 15.5 Å². The zero-order valence-electron chi connectivity index (χ0n) is 21.4. The lowest BCUT2D eigenvalue weighted by Gasteiger charge is -2.31. The molecule has 3 amide bonds. The van der Waals surface area contributed by atoms with E-state index >= 15 is 0 Å². The molecule has 38 heavy (non-hydrogen) atoms. The van der Waals surface area contributed by atoms with Crippen LogP contribution in [0.4, 0.5) is 11.4 Å². The van der Waals surface area contributed by atoms with Crippen molar-refractivity contribution in [2.75, 3.05) is 11.9 Å². The van der Waals surface area contributed by atoms with E-state index in [0.29, 0.717) is 23.6 Å². The predicted octanol–water partition coefficient (Wildman–Crippen LogP) is 1.19. The fourth-order valence-corrected chi connectivity index (χ4v) is 4.47. The molecule has 0 bridgehead atoms. The molecule has 1 fully saturated rings. The van der Waals surface area contributed by atoms with E-state index in [1.165, 1.54) is 24.3 Å². The first-order chi connectivity index (χ1) is 18.1. The number of nitro benzene ring substituents is 1. The molecule has 1 aliphatic heterocycles. The number of likely N-dealkylation sites (tertiary alicyclic amines) is 1. The Morgan fingerprint density at radius 1 is 1.08 bits per heavy atom. The Bertz CT molecular complexity index is 1170. The molecule has 0 aliphatic carbocycles. The number of carbonyl (C=O) groups is 3. The monoisotopic (exact) mass is 541 g/mol. The molecule has 0 unspecified atom stereocenters. The molecule has 0 aromatic heterocycles. The second-order valence-corrected chi connectivity index (χ2v) is 9.78. The third kappa shape index (κ3) is 7.56. The zero-order chi connectivity index (χ0) is 27.8. The highest BCUT2D eigenvalue weighted by atomic mass is 32.1. The summed E-state index contributed by atoms with van der Waals surface area (Å²) in [4.78, 5) is 51.4. The van der Waals surface area contributed by atoms with Crippen LogP contribution in [-0.4, -0.2) is 63.2 Å². The third-order valence-electron chi connectivity index (χ3n) is 6.28. The maximum atomic E-state index is 13.4. The van der Waals surface area contributed by atoms with Crippen molar-refractivity contribution >= 4 is 46.3 Å². The minimum Gasteiger partial charge on any atom is -0.352 e. The number of rotatable bonds is 10. The van der Waals surface area contributed by atoms with Crippen molar-refractivity contribution in [3.8, 4) is 0 Å². The number of nitrogens with zero attached hydrogens (tertiary/aromatic N) is 2. The number of hydrogen-bond donors (Lipinski definition) is 4. The molecule has 12 heteroatoms. The molecule has 6 N–H and O–H groups in total. The summed E-state index contributed by atoms with van der Waals surface area (Å²) in [5, 5.41) is 19.4. The van der Waals surface area contributed by atoms with Crippen molar-refractivity contribution < 1.29 is 25.0 Å².